The van der Waals surface area contributed by atoms with E-state index in [-0.39, 0.29) is 28.7 Å². The molecule has 0 aromatic heterocycles. The van der Waals surface area contributed by atoms with E-state index in [1.807, 2.05) is 12.2 Å². The second-order valence-corrected chi connectivity index (χ2v) is 8.26. The van der Waals surface area contributed by atoms with Gasteiger partial charge in [0.15, 0.2) is 0 Å². The zero-order chi connectivity index (χ0) is 23.8. The number of benzene rings is 4. The van der Waals surface area contributed by atoms with E-state index in [0.717, 1.165) is 16.7 Å². The molecule has 1 heterocycles. The van der Waals surface area contributed by atoms with Gasteiger partial charge >= 0.3 is 0 Å². The van der Waals surface area contributed by atoms with E-state index in [1.165, 1.54) is 6.07 Å². The van der Waals surface area contributed by atoms with E-state index >= 15 is 0 Å². The lowest BCUT2D eigenvalue weighted by molar-refractivity contribution is 0.221. The van der Waals surface area contributed by atoms with Crippen molar-refractivity contribution in [2.45, 2.75) is 12.0 Å². The summed E-state index contributed by atoms with van der Waals surface area (Å²) in [5.74, 6) is 0.243. The molecule has 5 N–H and O–H groups in total. The van der Waals surface area contributed by atoms with Crippen LogP contribution in [-0.2, 0) is 0 Å². The molecule has 170 valence electrons. The summed E-state index contributed by atoms with van der Waals surface area (Å²) >= 11 is 0. The van der Waals surface area contributed by atoms with Crippen LogP contribution in [-0.4, -0.2) is 25.5 Å². The van der Waals surface area contributed by atoms with Crippen LogP contribution in [0.1, 0.15) is 39.8 Å². The number of hydrogen-bond acceptors (Lipinski definition) is 6. The van der Waals surface area contributed by atoms with Gasteiger partial charge in [-0.1, -0.05) is 36.4 Å². The van der Waals surface area contributed by atoms with Crippen molar-refractivity contribution in [1.82, 2.24) is 0 Å². The van der Waals surface area contributed by atoms with E-state index < -0.39 is 12.0 Å². The Morgan fingerprint density at radius 2 is 1.15 bits per heavy atom. The Hall–Kier alpha value is -4.58. The summed E-state index contributed by atoms with van der Waals surface area (Å²) in [6, 6.07) is 21.0. The van der Waals surface area contributed by atoms with Gasteiger partial charge in [0.1, 0.15) is 40.6 Å². The number of phenols is 5. The van der Waals surface area contributed by atoms with Crippen LogP contribution in [0.2, 0.25) is 0 Å². The summed E-state index contributed by atoms with van der Waals surface area (Å²) in [5, 5.41) is 50.0. The first-order chi connectivity index (χ1) is 16.4. The largest absolute Gasteiger partial charge is 0.508 e. The third-order valence-corrected chi connectivity index (χ3v) is 5.88. The monoisotopic (exact) mass is 454 g/mol. The first-order valence-corrected chi connectivity index (χ1v) is 10.7. The van der Waals surface area contributed by atoms with Crippen LogP contribution in [0.5, 0.6) is 34.5 Å². The molecule has 0 saturated heterocycles. The predicted molar refractivity (Wildman–Crippen MR) is 128 cm³/mol. The Kier molecular flexibility index (Phi) is 5.26. The molecule has 6 heteroatoms. The first kappa shape index (κ1) is 21.3. The van der Waals surface area contributed by atoms with Crippen LogP contribution >= 0.6 is 0 Å². The predicted octanol–water partition coefficient (Wildman–Crippen LogP) is 5.65. The highest BCUT2D eigenvalue weighted by Crippen LogP contribution is 2.53. The highest BCUT2D eigenvalue weighted by atomic mass is 16.5. The van der Waals surface area contributed by atoms with Gasteiger partial charge in [-0.3, -0.25) is 0 Å². The molecule has 1 aliphatic rings. The van der Waals surface area contributed by atoms with Crippen molar-refractivity contribution in [1.29, 1.82) is 0 Å². The van der Waals surface area contributed by atoms with Crippen LogP contribution in [0.25, 0.3) is 12.2 Å². The third-order valence-electron chi connectivity index (χ3n) is 5.88. The number of aromatic hydroxyl groups is 5. The zero-order valence-electron chi connectivity index (χ0n) is 18.0. The number of ether oxygens (including phenoxy) is 1. The molecule has 4 aromatic carbocycles. The maximum atomic E-state index is 10.4. The van der Waals surface area contributed by atoms with Crippen molar-refractivity contribution in [3.8, 4) is 34.5 Å². The van der Waals surface area contributed by atoms with E-state index in [0.29, 0.717) is 16.9 Å². The molecule has 0 aliphatic carbocycles. The Bertz CT molecular complexity index is 1350. The van der Waals surface area contributed by atoms with Crippen molar-refractivity contribution in [3.05, 3.63) is 107 Å². The van der Waals surface area contributed by atoms with Gasteiger partial charge in [-0.25, -0.2) is 0 Å². The minimum Gasteiger partial charge on any atom is -0.508 e. The summed E-state index contributed by atoms with van der Waals surface area (Å²) in [6.45, 7) is 0. The number of phenolic OH excluding ortho intramolecular Hbond substituents is 5. The number of fused-ring (bicyclic) bond motifs is 1. The normalized spacial score (nSPS) is 16.9. The summed E-state index contributed by atoms with van der Waals surface area (Å²) in [5.41, 5.74) is 3.78. The summed E-state index contributed by atoms with van der Waals surface area (Å²) in [7, 11) is 0. The molecule has 2 unspecified atom stereocenters. The van der Waals surface area contributed by atoms with Crippen molar-refractivity contribution < 1.29 is 30.3 Å². The molecule has 1 aliphatic heterocycles. The Labute approximate surface area is 195 Å². The van der Waals surface area contributed by atoms with Crippen molar-refractivity contribution in [2.75, 3.05) is 0 Å². The van der Waals surface area contributed by atoms with Crippen LogP contribution in [0.15, 0.2) is 78.9 Å². The SMILES string of the molecule is Oc1ccc(/C=C/c2cc(O)cc3c2C(c2cc(O)cc(O)c2)C(c2ccc(O)cc2)O3)cc1. The van der Waals surface area contributed by atoms with Crippen LogP contribution in [0.4, 0.5) is 0 Å². The first-order valence-electron chi connectivity index (χ1n) is 10.7. The molecule has 0 amide bonds. The number of rotatable bonds is 4. The fourth-order valence-electron chi connectivity index (χ4n) is 4.39. The van der Waals surface area contributed by atoms with Gasteiger partial charge < -0.3 is 30.3 Å². The molecule has 0 bridgehead atoms. The minimum absolute atomic E-state index is 0.0352. The Morgan fingerprint density at radius 1 is 0.559 bits per heavy atom. The quantitative estimate of drug-likeness (QED) is 0.255. The highest BCUT2D eigenvalue weighted by Gasteiger charge is 2.39. The van der Waals surface area contributed by atoms with Gasteiger partial charge in [-0.05, 0) is 64.7 Å². The molecule has 0 fully saturated rings. The van der Waals surface area contributed by atoms with Crippen molar-refractivity contribution in [3.63, 3.8) is 0 Å². The topological polar surface area (TPSA) is 110 Å². The molecule has 5 rings (SSSR count). The maximum absolute atomic E-state index is 10.4. The average Bonchev–Trinajstić information content (AvgIpc) is 3.17. The van der Waals surface area contributed by atoms with Crippen LogP contribution in [0, 0.1) is 0 Å². The Balaban J connectivity index is 1.67. The number of hydrogen-bond donors (Lipinski definition) is 5. The maximum Gasteiger partial charge on any atom is 0.135 e. The lowest BCUT2D eigenvalue weighted by Crippen LogP contribution is -2.11. The van der Waals surface area contributed by atoms with E-state index in [9.17, 15) is 25.5 Å². The van der Waals surface area contributed by atoms with Crippen molar-refractivity contribution in [2.24, 2.45) is 0 Å². The molecule has 0 spiro atoms. The molecule has 34 heavy (non-hydrogen) atoms. The summed E-state index contributed by atoms with van der Waals surface area (Å²) in [6.07, 6.45) is 3.18. The van der Waals surface area contributed by atoms with Gasteiger partial charge in [0, 0.05) is 17.7 Å². The molecule has 6 nitrogen and oxygen atoms in total. The Morgan fingerprint density at radius 3 is 1.79 bits per heavy atom. The minimum atomic E-state index is -0.528. The van der Waals surface area contributed by atoms with Gasteiger partial charge in [0.05, 0.1) is 5.92 Å². The molecule has 4 aromatic rings. The molecule has 0 radical (unpaired) electrons. The van der Waals surface area contributed by atoms with E-state index in [4.69, 9.17) is 4.74 Å². The fourth-order valence-corrected chi connectivity index (χ4v) is 4.39. The fraction of sp³-hybridized carbons (Fsp3) is 0.0714. The molecular formula is C28H22O6. The lowest BCUT2D eigenvalue weighted by Gasteiger charge is -2.21. The average molecular weight is 454 g/mol. The van der Waals surface area contributed by atoms with Crippen molar-refractivity contribution >= 4 is 12.2 Å². The lowest BCUT2D eigenvalue weighted by atomic mass is 9.82. The second-order valence-electron chi connectivity index (χ2n) is 8.26. The second kappa shape index (κ2) is 8.41. The molecule has 0 saturated carbocycles. The van der Waals surface area contributed by atoms with Gasteiger partial charge in [-0.2, -0.15) is 0 Å². The molecular weight excluding hydrogens is 432 g/mol. The van der Waals surface area contributed by atoms with Gasteiger partial charge in [0.25, 0.3) is 0 Å². The van der Waals surface area contributed by atoms with E-state index in [2.05, 4.69) is 0 Å². The smallest absolute Gasteiger partial charge is 0.135 e. The standard InChI is InChI=1S/C28H22O6/c29-20-7-2-16(3-8-20)1-4-18-11-24(33)15-25-26(18)27(19-12-22(31)14-23(32)13-19)28(34-25)17-5-9-21(30)10-6-17/h1-15,27-33H/b4-1+. The van der Waals surface area contributed by atoms with Crippen LogP contribution in [0.3, 0.4) is 0 Å². The molecule has 2 atom stereocenters. The highest BCUT2D eigenvalue weighted by molar-refractivity contribution is 5.75. The van der Waals surface area contributed by atoms with Gasteiger partial charge in [0.2, 0.25) is 0 Å². The third kappa shape index (κ3) is 4.09. The van der Waals surface area contributed by atoms with E-state index in [1.54, 1.807) is 72.8 Å². The summed E-state index contributed by atoms with van der Waals surface area (Å²) in [4.78, 5) is 0. The van der Waals surface area contributed by atoms with Crippen LogP contribution < -0.4 is 4.74 Å². The van der Waals surface area contributed by atoms with Gasteiger partial charge in [-0.15, -0.1) is 0 Å². The summed E-state index contributed by atoms with van der Waals surface area (Å²) < 4.78 is 6.30. The zero-order valence-corrected chi connectivity index (χ0v) is 18.0.